The van der Waals surface area contributed by atoms with E-state index in [1.807, 2.05) is 23.1 Å². The topological polar surface area (TPSA) is 61.9 Å². The van der Waals surface area contributed by atoms with Gasteiger partial charge >= 0.3 is 0 Å². The van der Waals surface area contributed by atoms with Gasteiger partial charge in [-0.25, -0.2) is 8.78 Å². The van der Waals surface area contributed by atoms with Crippen molar-refractivity contribution in [1.82, 2.24) is 15.1 Å². The Balaban J connectivity index is 1.27. The molecular weight excluding hydrogens is 428 g/mol. The highest BCUT2D eigenvalue weighted by molar-refractivity contribution is 5.94. The Hall–Kier alpha value is -2.84. The molecule has 0 aliphatic carbocycles. The first kappa shape index (κ1) is 23.3. The number of halogens is 2. The van der Waals surface area contributed by atoms with Crippen LogP contribution >= 0.6 is 0 Å². The van der Waals surface area contributed by atoms with Crippen molar-refractivity contribution in [3.05, 3.63) is 71.3 Å². The summed E-state index contributed by atoms with van der Waals surface area (Å²) in [5.41, 5.74) is 1.23. The minimum Gasteiger partial charge on any atom is -0.381 e. The van der Waals surface area contributed by atoms with E-state index in [-0.39, 0.29) is 29.3 Å². The van der Waals surface area contributed by atoms with E-state index >= 15 is 0 Å². The van der Waals surface area contributed by atoms with Gasteiger partial charge in [0.05, 0.1) is 6.54 Å². The second-order valence-electron chi connectivity index (χ2n) is 8.73. The van der Waals surface area contributed by atoms with Crippen molar-refractivity contribution in [2.45, 2.75) is 18.3 Å². The summed E-state index contributed by atoms with van der Waals surface area (Å²) >= 11 is 0. The van der Waals surface area contributed by atoms with Gasteiger partial charge < -0.3 is 15.0 Å². The Morgan fingerprint density at radius 2 is 1.64 bits per heavy atom. The number of ether oxygens (including phenoxy) is 1. The average molecular weight is 458 g/mol. The van der Waals surface area contributed by atoms with Crippen molar-refractivity contribution in [1.29, 1.82) is 0 Å². The van der Waals surface area contributed by atoms with Crippen LogP contribution in [0.25, 0.3) is 0 Å². The third-order valence-electron chi connectivity index (χ3n) is 6.65. The van der Waals surface area contributed by atoms with Crippen LogP contribution in [0.3, 0.4) is 0 Å². The molecule has 0 bridgehead atoms. The van der Waals surface area contributed by atoms with Crippen LogP contribution in [0.5, 0.6) is 0 Å². The van der Waals surface area contributed by atoms with Crippen LogP contribution in [0.2, 0.25) is 0 Å². The number of carbonyl (C=O) groups excluding carboxylic acids is 2. The first-order valence-electron chi connectivity index (χ1n) is 11.3. The fraction of sp³-hybridized carbons (Fsp3) is 0.440. The molecule has 4 rings (SSSR count). The van der Waals surface area contributed by atoms with E-state index < -0.39 is 11.6 Å². The van der Waals surface area contributed by atoms with Crippen LogP contribution in [-0.2, 0) is 14.9 Å². The number of benzene rings is 2. The molecular formula is C25H29F2N3O3. The number of nitrogens with one attached hydrogen (secondary N) is 1. The SMILES string of the molecule is O=C(CN1CCN(C(=O)c2ccc(F)c(F)c2)CC1)NCC1(c2ccccc2)CCOCC1. The van der Waals surface area contributed by atoms with Crippen molar-refractivity contribution >= 4 is 11.8 Å². The van der Waals surface area contributed by atoms with Gasteiger partial charge in [0.15, 0.2) is 11.6 Å². The summed E-state index contributed by atoms with van der Waals surface area (Å²) in [6.45, 7) is 4.12. The van der Waals surface area contributed by atoms with Crippen LogP contribution in [0.1, 0.15) is 28.8 Å². The van der Waals surface area contributed by atoms with Gasteiger partial charge in [-0.05, 0) is 36.6 Å². The molecule has 2 aliphatic rings. The molecule has 2 amide bonds. The van der Waals surface area contributed by atoms with Gasteiger partial charge in [0.1, 0.15) is 0 Å². The molecule has 33 heavy (non-hydrogen) atoms. The van der Waals surface area contributed by atoms with E-state index in [9.17, 15) is 18.4 Å². The van der Waals surface area contributed by atoms with E-state index in [1.165, 1.54) is 11.6 Å². The maximum Gasteiger partial charge on any atom is 0.254 e. The Morgan fingerprint density at radius 3 is 2.30 bits per heavy atom. The van der Waals surface area contributed by atoms with Gasteiger partial charge in [0.25, 0.3) is 5.91 Å². The lowest BCUT2D eigenvalue weighted by Crippen LogP contribution is -2.52. The van der Waals surface area contributed by atoms with Crippen LogP contribution in [0, 0.1) is 11.6 Å². The number of hydrogen-bond donors (Lipinski definition) is 1. The van der Waals surface area contributed by atoms with Crippen LogP contribution in [0.4, 0.5) is 8.78 Å². The monoisotopic (exact) mass is 457 g/mol. The summed E-state index contributed by atoms with van der Waals surface area (Å²) in [6.07, 6.45) is 1.73. The molecule has 176 valence electrons. The lowest BCUT2D eigenvalue weighted by atomic mass is 9.74. The normalized spacial score (nSPS) is 18.7. The van der Waals surface area contributed by atoms with Gasteiger partial charge in [0.2, 0.25) is 5.91 Å². The summed E-state index contributed by atoms with van der Waals surface area (Å²) in [5, 5.41) is 3.12. The highest BCUT2D eigenvalue weighted by atomic mass is 19.2. The largest absolute Gasteiger partial charge is 0.381 e. The van der Waals surface area contributed by atoms with Crippen LogP contribution in [0.15, 0.2) is 48.5 Å². The molecule has 6 nitrogen and oxygen atoms in total. The quantitative estimate of drug-likeness (QED) is 0.725. The Morgan fingerprint density at radius 1 is 0.939 bits per heavy atom. The molecule has 2 fully saturated rings. The first-order chi connectivity index (χ1) is 16.0. The van der Waals surface area contributed by atoms with E-state index in [4.69, 9.17) is 4.74 Å². The second kappa shape index (κ2) is 10.4. The van der Waals surface area contributed by atoms with Crippen molar-refractivity contribution in [3.8, 4) is 0 Å². The van der Waals surface area contributed by atoms with Gasteiger partial charge in [-0.3, -0.25) is 14.5 Å². The van der Waals surface area contributed by atoms with Gasteiger partial charge in [-0.1, -0.05) is 30.3 Å². The molecule has 0 aromatic heterocycles. The fourth-order valence-corrected chi connectivity index (χ4v) is 4.57. The molecule has 2 saturated heterocycles. The second-order valence-corrected chi connectivity index (χ2v) is 8.73. The van der Waals surface area contributed by atoms with Crippen molar-refractivity contribution in [3.63, 3.8) is 0 Å². The zero-order valence-electron chi connectivity index (χ0n) is 18.6. The smallest absolute Gasteiger partial charge is 0.254 e. The molecule has 0 radical (unpaired) electrons. The number of rotatable bonds is 6. The highest BCUT2D eigenvalue weighted by Gasteiger charge is 2.35. The number of piperazine rings is 1. The molecule has 2 aromatic carbocycles. The van der Waals surface area contributed by atoms with E-state index in [0.717, 1.165) is 25.0 Å². The molecule has 1 N–H and O–H groups in total. The van der Waals surface area contributed by atoms with Crippen molar-refractivity contribution in [2.24, 2.45) is 0 Å². The van der Waals surface area contributed by atoms with Crippen LogP contribution < -0.4 is 5.32 Å². The lowest BCUT2D eigenvalue weighted by Gasteiger charge is -2.38. The summed E-state index contributed by atoms with van der Waals surface area (Å²) < 4.78 is 32.1. The zero-order valence-corrected chi connectivity index (χ0v) is 18.6. The Kier molecular flexibility index (Phi) is 7.35. The van der Waals surface area contributed by atoms with Crippen molar-refractivity contribution in [2.75, 3.05) is 52.5 Å². The molecule has 0 spiro atoms. The van der Waals surface area contributed by atoms with E-state index in [1.54, 1.807) is 4.90 Å². The Bertz CT molecular complexity index is 972. The van der Waals surface area contributed by atoms with Crippen molar-refractivity contribution < 1.29 is 23.1 Å². The number of hydrogen-bond acceptors (Lipinski definition) is 4. The summed E-state index contributed by atoms with van der Waals surface area (Å²) in [4.78, 5) is 28.9. The zero-order chi connectivity index (χ0) is 23.3. The minimum absolute atomic E-state index is 0.0443. The standard InChI is InChI=1S/C25H29F2N3O3/c26-21-7-6-19(16-22(21)27)24(32)30-12-10-29(11-13-30)17-23(31)28-18-25(8-14-33-15-9-25)20-4-2-1-3-5-20/h1-7,16H,8-15,17-18H2,(H,28,31). The van der Waals surface area contributed by atoms with Crippen LogP contribution in [-0.4, -0.2) is 74.1 Å². The fourth-order valence-electron chi connectivity index (χ4n) is 4.57. The molecule has 2 heterocycles. The number of amides is 2. The predicted molar refractivity (Wildman–Crippen MR) is 120 cm³/mol. The van der Waals surface area contributed by atoms with E-state index in [0.29, 0.717) is 45.9 Å². The molecule has 0 unspecified atom stereocenters. The number of nitrogens with zero attached hydrogens (tertiary/aromatic N) is 2. The van der Waals surface area contributed by atoms with Gasteiger partial charge in [0, 0.05) is 56.9 Å². The average Bonchev–Trinajstić information content (AvgIpc) is 2.86. The lowest BCUT2D eigenvalue weighted by molar-refractivity contribution is -0.123. The predicted octanol–water partition coefficient (Wildman–Crippen LogP) is 2.59. The van der Waals surface area contributed by atoms with Gasteiger partial charge in [-0.15, -0.1) is 0 Å². The highest BCUT2D eigenvalue weighted by Crippen LogP contribution is 2.34. The Labute approximate surface area is 192 Å². The van der Waals surface area contributed by atoms with E-state index in [2.05, 4.69) is 17.4 Å². The molecule has 2 aliphatic heterocycles. The molecule has 2 aromatic rings. The third kappa shape index (κ3) is 5.57. The maximum absolute atomic E-state index is 13.4. The molecule has 8 heteroatoms. The summed E-state index contributed by atoms with van der Waals surface area (Å²) in [7, 11) is 0. The maximum atomic E-state index is 13.4. The molecule has 0 saturated carbocycles. The minimum atomic E-state index is -1.03. The first-order valence-corrected chi connectivity index (χ1v) is 11.3. The number of carbonyl (C=O) groups is 2. The molecule has 0 atom stereocenters. The summed E-state index contributed by atoms with van der Waals surface area (Å²) in [5.74, 6) is -2.38. The van der Waals surface area contributed by atoms with Gasteiger partial charge in [-0.2, -0.15) is 0 Å². The summed E-state index contributed by atoms with van der Waals surface area (Å²) in [6, 6.07) is 13.4. The third-order valence-corrected chi connectivity index (χ3v) is 6.65.